The van der Waals surface area contributed by atoms with Crippen LogP contribution in [0.15, 0.2) is 61.2 Å². The number of cyclic esters (lactones) is 1. The van der Waals surface area contributed by atoms with E-state index in [4.69, 9.17) is 9.47 Å². The molecule has 0 spiro atoms. The molecule has 0 radical (unpaired) electrons. The summed E-state index contributed by atoms with van der Waals surface area (Å²) in [4.78, 5) is 36.6. The van der Waals surface area contributed by atoms with Crippen LogP contribution in [0.4, 0.5) is 0 Å². The number of benzene rings is 2. The van der Waals surface area contributed by atoms with Crippen LogP contribution in [0.25, 0.3) is 0 Å². The number of carbonyl (C=O) groups excluding carboxylic acids is 3. The lowest BCUT2D eigenvalue weighted by Gasteiger charge is -2.25. The minimum atomic E-state index is -0.939. The number of esters is 2. The van der Waals surface area contributed by atoms with Crippen LogP contribution < -0.4 is 5.32 Å². The highest BCUT2D eigenvalue weighted by atomic mass is 16.6. The quantitative estimate of drug-likeness (QED) is 0.616. The number of hydrogen-bond donors (Lipinski definition) is 1. The van der Waals surface area contributed by atoms with E-state index in [0.717, 1.165) is 5.56 Å². The van der Waals surface area contributed by atoms with Crippen molar-refractivity contribution in [1.29, 1.82) is 0 Å². The Morgan fingerprint density at radius 2 is 2.04 bits per heavy atom. The topological polar surface area (TPSA) is 81.7 Å². The average Bonchev–Trinajstić information content (AvgIpc) is 2.72. The second kappa shape index (κ2) is 8.52. The number of ether oxygens (including phenoxy) is 2. The van der Waals surface area contributed by atoms with E-state index >= 15 is 0 Å². The van der Waals surface area contributed by atoms with Gasteiger partial charge in [-0.3, -0.25) is 4.79 Å². The van der Waals surface area contributed by atoms with Crippen molar-refractivity contribution in [2.24, 2.45) is 0 Å². The molecule has 0 aliphatic carbocycles. The second-order valence-corrected chi connectivity index (χ2v) is 6.46. The lowest BCUT2D eigenvalue weighted by Crippen LogP contribution is -2.35. The Labute approximate surface area is 163 Å². The highest BCUT2D eigenvalue weighted by molar-refractivity contribution is 5.96. The first kappa shape index (κ1) is 19.4. The monoisotopic (exact) mass is 379 g/mol. The zero-order valence-electron chi connectivity index (χ0n) is 15.5. The van der Waals surface area contributed by atoms with Gasteiger partial charge in [-0.2, -0.15) is 0 Å². The molecule has 144 valence electrons. The molecule has 0 fully saturated rings. The van der Waals surface area contributed by atoms with Crippen LogP contribution in [-0.4, -0.2) is 30.5 Å². The molecule has 6 nitrogen and oxygen atoms in total. The summed E-state index contributed by atoms with van der Waals surface area (Å²) in [7, 11) is 0. The van der Waals surface area contributed by atoms with E-state index in [1.54, 1.807) is 12.1 Å². The first-order chi connectivity index (χ1) is 13.5. The van der Waals surface area contributed by atoms with Crippen molar-refractivity contribution in [3.63, 3.8) is 0 Å². The molecule has 1 aliphatic rings. The maximum Gasteiger partial charge on any atom is 0.339 e. The molecular formula is C22H21NO5. The van der Waals surface area contributed by atoms with Crippen LogP contribution in [0.1, 0.15) is 44.9 Å². The highest BCUT2D eigenvalue weighted by Gasteiger charge is 2.28. The van der Waals surface area contributed by atoms with Crippen molar-refractivity contribution in [1.82, 2.24) is 5.32 Å². The molecule has 0 bridgehead atoms. The molecule has 1 aliphatic heterocycles. The molecule has 28 heavy (non-hydrogen) atoms. The van der Waals surface area contributed by atoms with Crippen LogP contribution in [0.3, 0.4) is 0 Å². The van der Waals surface area contributed by atoms with Crippen LogP contribution in [0.5, 0.6) is 0 Å². The molecule has 2 atom stereocenters. The van der Waals surface area contributed by atoms with Gasteiger partial charge in [0.15, 0.2) is 6.10 Å². The Hall–Kier alpha value is -3.41. The van der Waals surface area contributed by atoms with E-state index in [1.807, 2.05) is 30.3 Å². The van der Waals surface area contributed by atoms with Gasteiger partial charge in [-0.15, -0.1) is 6.58 Å². The summed E-state index contributed by atoms with van der Waals surface area (Å²) in [6, 6.07) is 14.1. The van der Waals surface area contributed by atoms with Crippen molar-refractivity contribution in [3.8, 4) is 0 Å². The van der Waals surface area contributed by atoms with Gasteiger partial charge in [0.2, 0.25) is 0 Å². The maximum atomic E-state index is 12.4. The summed E-state index contributed by atoms with van der Waals surface area (Å²) in [5.41, 5.74) is 2.31. The predicted octanol–water partition coefficient (Wildman–Crippen LogP) is 2.99. The van der Waals surface area contributed by atoms with Gasteiger partial charge in [-0.1, -0.05) is 36.4 Å². The van der Waals surface area contributed by atoms with E-state index < -0.39 is 30.1 Å². The van der Waals surface area contributed by atoms with Gasteiger partial charge in [0.05, 0.1) is 11.1 Å². The lowest BCUT2D eigenvalue weighted by atomic mass is 9.93. The SMILES string of the molecule is C=CCNC(=O)[C@@H](C)OC(=O)c1ccc2c(c1)C[C@@H](c1ccccc1)OC2=O. The number of amides is 1. The van der Waals surface area contributed by atoms with E-state index in [1.165, 1.54) is 19.1 Å². The number of carbonyl (C=O) groups is 3. The van der Waals surface area contributed by atoms with Gasteiger partial charge in [-0.25, -0.2) is 9.59 Å². The van der Waals surface area contributed by atoms with E-state index in [-0.39, 0.29) is 5.56 Å². The summed E-state index contributed by atoms with van der Waals surface area (Å²) >= 11 is 0. The van der Waals surface area contributed by atoms with Crippen molar-refractivity contribution >= 4 is 17.8 Å². The second-order valence-electron chi connectivity index (χ2n) is 6.46. The molecule has 1 amide bonds. The largest absolute Gasteiger partial charge is 0.454 e. The molecule has 1 N–H and O–H groups in total. The summed E-state index contributed by atoms with van der Waals surface area (Å²) in [6.45, 7) is 5.31. The maximum absolute atomic E-state index is 12.4. The molecule has 0 aromatic heterocycles. The molecule has 1 heterocycles. The molecule has 6 heteroatoms. The van der Waals surface area contributed by atoms with Crippen LogP contribution in [0, 0.1) is 0 Å². The van der Waals surface area contributed by atoms with Gasteiger partial charge in [0.1, 0.15) is 6.10 Å². The summed E-state index contributed by atoms with van der Waals surface area (Å²) < 4.78 is 10.7. The number of hydrogen-bond acceptors (Lipinski definition) is 5. The highest BCUT2D eigenvalue weighted by Crippen LogP contribution is 2.31. The summed E-state index contributed by atoms with van der Waals surface area (Å²) in [6.07, 6.45) is 0.654. The zero-order chi connectivity index (χ0) is 20.1. The fourth-order valence-corrected chi connectivity index (χ4v) is 2.97. The molecule has 0 saturated carbocycles. The minimum Gasteiger partial charge on any atom is -0.454 e. The molecule has 2 aromatic carbocycles. The number of rotatable bonds is 6. The number of fused-ring (bicyclic) bond motifs is 1. The van der Waals surface area contributed by atoms with Crippen molar-refractivity contribution < 1.29 is 23.9 Å². The Balaban J connectivity index is 1.75. The fraction of sp³-hybridized carbons (Fsp3) is 0.227. The van der Waals surface area contributed by atoms with Gasteiger partial charge in [-0.05, 0) is 36.2 Å². The standard InChI is InChI=1S/C22H21NO5/c1-3-11-23-20(24)14(2)27-21(25)16-9-10-18-17(12-16)13-19(28-22(18)26)15-7-5-4-6-8-15/h3-10,12,14,19H,1,11,13H2,2H3,(H,23,24)/t14-,19+/m1/s1. The average molecular weight is 379 g/mol. The molecule has 3 rings (SSSR count). The Morgan fingerprint density at radius 1 is 1.29 bits per heavy atom. The fourth-order valence-electron chi connectivity index (χ4n) is 2.97. The Morgan fingerprint density at radius 3 is 2.75 bits per heavy atom. The van der Waals surface area contributed by atoms with Crippen molar-refractivity contribution in [3.05, 3.63) is 83.4 Å². The van der Waals surface area contributed by atoms with E-state index in [0.29, 0.717) is 24.1 Å². The van der Waals surface area contributed by atoms with Gasteiger partial charge >= 0.3 is 11.9 Å². The lowest BCUT2D eigenvalue weighted by molar-refractivity contribution is -0.128. The smallest absolute Gasteiger partial charge is 0.339 e. The van der Waals surface area contributed by atoms with Crippen LogP contribution in [-0.2, 0) is 20.7 Å². The molecule has 0 unspecified atom stereocenters. The first-order valence-corrected chi connectivity index (χ1v) is 8.98. The van der Waals surface area contributed by atoms with E-state index in [9.17, 15) is 14.4 Å². The summed E-state index contributed by atoms with van der Waals surface area (Å²) in [5.74, 6) is -1.45. The summed E-state index contributed by atoms with van der Waals surface area (Å²) in [5, 5.41) is 2.57. The predicted molar refractivity (Wildman–Crippen MR) is 103 cm³/mol. The van der Waals surface area contributed by atoms with E-state index in [2.05, 4.69) is 11.9 Å². The normalized spacial score (nSPS) is 16.3. The third-order valence-corrected chi connectivity index (χ3v) is 4.46. The molecular weight excluding hydrogens is 358 g/mol. The minimum absolute atomic E-state index is 0.281. The third kappa shape index (κ3) is 4.28. The zero-order valence-corrected chi connectivity index (χ0v) is 15.5. The van der Waals surface area contributed by atoms with Gasteiger partial charge in [0.25, 0.3) is 5.91 Å². The first-order valence-electron chi connectivity index (χ1n) is 8.98. The Bertz CT molecular complexity index is 906. The van der Waals surface area contributed by atoms with Gasteiger partial charge < -0.3 is 14.8 Å². The van der Waals surface area contributed by atoms with Crippen LogP contribution >= 0.6 is 0 Å². The van der Waals surface area contributed by atoms with Gasteiger partial charge in [0, 0.05) is 13.0 Å². The number of nitrogens with one attached hydrogen (secondary N) is 1. The third-order valence-electron chi connectivity index (χ3n) is 4.46. The van der Waals surface area contributed by atoms with Crippen molar-refractivity contribution in [2.75, 3.05) is 6.54 Å². The molecule has 2 aromatic rings. The molecule has 0 saturated heterocycles. The van der Waals surface area contributed by atoms with Crippen molar-refractivity contribution in [2.45, 2.75) is 25.6 Å². The van der Waals surface area contributed by atoms with Crippen LogP contribution in [0.2, 0.25) is 0 Å². The Kier molecular flexibility index (Phi) is 5.89.